The Balaban J connectivity index is 4.02. The van der Waals surface area contributed by atoms with E-state index in [-0.39, 0.29) is 24.5 Å². The van der Waals surface area contributed by atoms with E-state index in [1.165, 1.54) is 6.92 Å². The number of rotatable bonds is 9. The van der Waals surface area contributed by atoms with Gasteiger partial charge in [-0.25, -0.2) is 0 Å². The largest absolute Gasteiger partial charge is 0.370 e. The van der Waals surface area contributed by atoms with Crippen molar-refractivity contribution in [2.75, 3.05) is 6.54 Å². The topological polar surface area (TPSA) is 115 Å². The summed E-state index contributed by atoms with van der Waals surface area (Å²) in [4.78, 5) is 33.2. The van der Waals surface area contributed by atoms with Gasteiger partial charge in [0.25, 0.3) is 0 Å². The predicted octanol–water partition coefficient (Wildman–Crippen LogP) is -0.545. The van der Waals surface area contributed by atoms with Gasteiger partial charge in [0.2, 0.25) is 11.8 Å². The van der Waals surface area contributed by atoms with Gasteiger partial charge in [0, 0.05) is 12.8 Å². The Kier molecular flexibility index (Phi) is 7.96. The van der Waals surface area contributed by atoms with Crippen LogP contribution in [0.4, 0.5) is 0 Å². The second-order valence-corrected chi connectivity index (χ2v) is 3.98. The molecule has 0 aliphatic rings. The molecule has 98 valence electrons. The summed E-state index contributed by atoms with van der Waals surface area (Å²) in [6.07, 6.45) is 2.21. The Labute approximate surface area is 101 Å². The molecule has 0 spiro atoms. The molecule has 0 saturated heterocycles. The molecule has 0 aliphatic heterocycles. The SMILES string of the molecule is CC(=O)C(CCCCN)NC(=O)CCC(N)=O. The lowest BCUT2D eigenvalue weighted by molar-refractivity contribution is -0.128. The number of hydrogen-bond donors (Lipinski definition) is 3. The molecular formula is C11H21N3O3. The molecule has 0 rings (SSSR count). The average molecular weight is 243 g/mol. The van der Waals surface area contributed by atoms with Crippen molar-refractivity contribution in [3.63, 3.8) is 0 Å². The van der Waals surface area contributed by atoms with E-state index >= 15 is 0 Å². The molecule has 0 radical (unpaired) electrons. The lowest BCUT2D eigenvalue weighted by Crippen LogP contribution is -2.40. The van der Waals surface area contributed by atoms with Gasteiger partial charge in [0.15, 0.2) is 5.78 Å². The van der Waals surface area contributed by atoms with Gasteiger partial charge < -0.3 is 16.8 Å². The van der Waals surface area contributed by atoms with Gasteiger partial charge in [0.05, 0.1) is 6.04 Å². The first-order valence-electron chi connectivity index (χ1n) is 5.75. The maximum absolute atomic E-state index is 11.4. The van der Waals surface area contributed by atoms with Gasteiger partial charge in [-0.05, 0) is 32.7 Å². The fourth-order valence-corrected chi connectivity index (χ4v) is 1.37. The lowest BCUT2D eigenvalue weighted by Gasteiger charge is -2.15. The predicted molar refractivity (Wildman–Crippen MR) is 63.9 cm³/mol. The normalized spacial score (nSPS) is 11.9. The van der Waals surface area contributed by atoms with Crippen LogP contribution in [-0.4, -0.2) is 30.2 Å². The van der Waals surface area contributed by atoms with Gasteiger partial charge in [-0.15, -0.1) is 0 Å². The first-order valence-corrected chi connectivity index (χ1v) is 5.75. The van der Waals surface area contributed by atoms with Gasteiger partial charge in [-0.1, -0.05) is 0 Å². The van der Waals surface area contributed by atoms with Gasteiger partial charge in [-0.3, -0.25) is 14.4 Å². The molecule has 6 heteroatoms. The number of primary amides is 1. The van der Waals surface area contributed by atoms with Crippen molar-refractivity contribution >= 4 is 17.6 Å². The molecule has 0 heterocycles. The van der Waals surface area contributed by atoms with Crippen molar-refractivity contribution in [3.05, 3.63) is 0 Å². The highest BCUT2D eigenvalue weighted by atomic mass is 16.2. The number of hydrogen-bond acceptors (Lipinski definition) is 4. The second-order valence-electron chi connectivity index (χ2n) is 3.98. The maximum atomic E-state index is 11.4. The monoisotopic (exact) mass is 243 g/mol. The quantitative estimate of drug-likeness (QED) is 0.471. The molecule has 0 aromatic heterocycles. The molecule has 0 aliphatic carbocycles. The summed E-state index contributed by atoms with van der Waals surface area (Å²) in [7, 11) is 0. The Morgan fingerprint density at radius 3 is 2.29 bits per heavy atom. The van der Waals surface area contributed by atoms with Crippen LogP contribution >= 0.6 is 0 Å². The summed E-state index contributed by atoms with van der Waals surface area (Å²) in [6, 6.07) is -0.484. The Morgan fingerprint density at radius 1 is 1.18 bits per heavy atom. The number of ketones is 1. The maximum Gasteiger partial charge on any atom is 0.221 e. The fraction of sp³-hybridized carbons (Fsp3) is 0.727. The van der Waals surface area contributed by atoms with E-state index in [9.17, 15) is 14.4 Å². The van der Waals surface area contributed by atoms with Crippen LogP contribution < -0.4 is 16.8 Å². The van der Waals surface area contributed by atoms with Gasteiger partial charge in [-0.2, -0.15) is 0 Å². The molecule has 6 nitrogen and oxygen atoms in total. The Morgan fingerprint density at radius 2 is 1.82 bits per heavy atom. The van der Waals surface area contributed by atoms with Crippen LogP contribution in [0.3, 0.4) is 0 Å². The molecule has 0 bridgehead atoms. The number of nitrogens with one attached hydrogen (secondary N) is 1. The minimum atomic E-state index is -0.525. The Hall–Kier alpha value is -1.43. The van der Waals surface area contributed by atoms with Crippen molar-refractivity contribution in [1.29, 1.82) is 0 Å². The standard InChI is InChI=1S/C11H21N3O3/c1-8(15)9(4-2-3-7-12)14-11(17)6-5-10(13)16/h9H,2-7,12H2,1H3,(H2,13,16)(H,14,17). The van der Waals surface area contributed by atoms with Crippen LogP contribution in [0.25, 0.3) is 0 Å². The third kappa shape index (κ3) is 8.38. The summed E-state index contributed by atoms with van der Waals surface area (Å²) >= 11 is 0. The van der Waals surface area contributed by atoms with E-state index in [0.717, 1.165) is 12.8 Å². The van der Waals surface area contributed by atoms with Crippen LogP contribution in [0.5, 0.6) is 0 Å². The van der Waals surface area contributed by atoms with Crippen molar-refractivity contribution < 1.29 is 14.4 Å². The van der Waals surface area contributed by atoms with Crippen LogP contribution in [0, 0.1) is 0 Å². The lowest BCUT2D eigenvalue weighted by atomic mass is 10.1. The van der Waals surface area contributed by atoms with Gasteiger partial charge in [0.1, 0.15) is 0 Å². The average Bonchev–Trinajstić information content (AvgIpc) is 2.25. The van der Waals surface area contributed by atoms with Crippen LogP contribution in [0.1, 0.15) is 39.0 Å². The van der Waals surface area contributed by atoms with Gasteiger partial charge >= 0.3 is 0 Å². The molecule has 0 fully saturated rings. The van der Waals surface area contributed by atoms with Crippen LogP contribution in [0.15, 0.2) is 0 Å². The molecule has 5 N–H and O–H groups in total. The highest BCUT2D eigenvalue weighted by molar-refractivity contribution is 5.88. The van der Waals surface area contributed by atoms with Crippen molar-refractivity contribution in [2.24, 2.45) is 11.5 Å². The minimum Gasteiger partial charge on any atom is -0.370 e. The fourth-order valence-electron chi connectivity index (χ4n) is 1.37. The number of amides is 2. The molecule has 1 unspecified atom stereocenters. The van der Waals surface area contributed by atoms with E-state index in [4.69, 9.17) is 11.5 Å². The first-order chi connectivity index (χ1) is 7.97. The highest BCUT2D eigenvalue weighted by Gasteiger charge is 2.16. The Bertz CT molecular complexity index is 279. The van der Waals surface area contributed by atoms with E-state index in [1.807, 2.05) is 0 Å². The zero-order valence-electron chi connectivity index (χ0n) is 10.2. The summed E-state index contributed by atoms with van der Waals surface area (Å²) in [5.41, 5.74) is 10.3. The molecule has 0 aromatic carbocycles. The second kappa shape index (κ2) is 8.69. The number of carbonyl (C=O) groups excluding carboxylic acids is 3. The number of Topliss-reactive ketones (excluding diaryl/α,β-unsaturated/α-hetero) is 1. The molecule has 17 heavy (non-hydrogen) atoms. The van der Waals surface area contributed by atoms with Crippen molar-refractivity contribution in [2.45, 2.75) is 45.1 Å². The molecule has 2 amide bonds. The summed E-state index contributed by atoms with van der Waals surface area (Å²) in [6.45, 7) is 2.00. The van der Waals surface area contributed by atoms with E-state index in [2.05, 4.69) is 5.32 Å². The van der Waals surface area contributed by atoms with Crippen molar-refractivity contribution in [3.8, 4) is 0 Å². The zero-order valence-corrected chi connectivity index (χ0v) is 10.2. The third-order valence-corrected chi connectivity index (χ3v) is 2.37. The first kappa shape index (κ1) is 15.6. The van der Waals surface area contributed by atoms with E-state index in [1.54, 1.807) is 0 Å². The van der Waals surface area contributed by atoms with E-state index < -0.39 is 11.9 Å². The van der Waals surface area contributed by atoms with E-state index in [0.29, 0.717) is 13.0 Å². The number of unbranched alkanes of at least 4 members (excludes halogenated alkanes) is 1. The zero-order chi connectivity index (χ0) is 13.3. The smallest absolute Gasteiger partial charge is 0.221 e. The number of carbonyl (C=O) groups is 3. The summed E-state index contributed by atoms with van der Waals surface area (Å²) in [5.74, 6) is -0.936. The summed E-state index contributed by atoms with van der Waals surface area (Å²) < 4.78 is 0. The molecule has 0 saturated carbocycles. The number of nitrogens with two attached hydrogens (primary N) is 2. The molecule has 1 atom stereocenters. The summed E-state index contributed by atoms with van der Waals surface area (Å²) in [5, 5.41) is 2.59. The molecule has 0 aromatic rings. The third-order valence-electron chi connectivity index (χ3n) is 2.37. The highest BCUT2D eigenvalue weighted by Crippen LogP contribution is 2.02. The minimum absolute atomic E-state index is 0.000736. The van der Waals surface area contributed by atoms with Crippen molar-refractivity contribution in [1.82, 2.24) is 5.32 Å². The van der Waals surface area contributed by atoms with Crippen LogP contribution in [0.2, 0.25) is 0 Å². The molecular weight excluding hydrogens is 222 g/mol. The van der Waals surface area contributed by atoms with Crippen LogP contribution in [-0.2, 0) is 14.4 Å².